The van der Waals surface area contributed by atoms with Gasteiger partial charge in [0.1, 0.15) is 6.61 Å². The molecule has 210 valence electrons. The number of thiazole rings is 1. The Morgan fingerprint density at radius 2 is 1.85 bits per heavy atom. The average Bonchev–Trinajstić information content (AvgIpc) is 3.30. The lowest BCUT2D eigenvalue weighted by Gasteiger charge is -2.25. The van der Waals surface area contributed by atoms with Crippen LogP contribution in [0.4, 0.5) is 0 Å². The second kappa shape index (κ2) is 12.3. The number of para-hydroxylation sites is 1. The van der Waals surface area contributed by atoms with Crippen LogP contribution in [-0.4, -0.2) is 24.8 Å². The smallest absolute Gasteiger partial charge is 0.338 e. The van der Waals surface area contributed by atoms with Crippen molar-refractivity contribution in [2.75, 3.05) is 14.2 Å². The summed E-state index contributed by atoms with van der Waals surface area (Å²) in [5.41, 5.74) is 2.82. The molecule has 0 spiro atoms. The highest BCUT2D eigenvalue weighted by Crippen LogP contribution is 2.34. The minimum Gasteiger partial charge on any atom is -0.493 e. The van der Waals surface area contributed by atoms with Gasteiger partial charge < -0.3 is 14.2 Å². The zero-order chi connectivity index (χ0) is 29.1. The lowest BCUT2D eigenvalue weighted by atomic mass is 9.95. The highest BCUT2D eigenvalue weighted by atomic mass is 35.5. The molecular weight excluding hydrogens is 583 g/mol. The van der Waals surface area contributed by atoms with Gasteiger partial charge >= 0.3 is 5.97 Å². The lowest BCUT2D eigenvalue weighted by molar-refractivity contribution is -0.136. The van der Waals surface area contributed by atoms with Crippen molar-refractivity contribution in [3.05, 3.63) is 124 Å². The predicted molar refractivity (Wildman–Crippen MR) is 161 cm³/mol. The molecule has 3 aromatic carbocycles. The third-order valence-electron chi connectivity index (χ3n) is 6.67. The van der Waals surface area contributed by atoms with Crippen LogP contribution in [0.3, 0.4) is 0 Å². The van der Waals surface area contributed by atoms with Gasteiger partial charge in [-0.25, -0.2) is 9.79 Å². The summed E-state index contributed by atoms with van der Waals surface area (Å²) in [5, 5.41) is 1.01. The van der Waals surface area contributed by atoms with E-state index in [4.69, 9.17) is 42.4 Å². The van der Waals surface area contributed by atoms with Crippen molar-refractivity contribution in [2.24, 2.45) is 4.99 Å². The van der Waals surface area contributed by atoms with Crippen molar-refractivity contribution in [2.45, 2.75) is 26.0 Å². The quantitative estimate of drug-likeness (QED) is 0.240. The first-order valence-electron chi connectivity index (χ1n) is 12.8. The number of ether oxygens (including phenoxy) is 3. The summed E-state index contributed by atoms with van der Waals surface area (Å²) in [6, 6.07) is 19.4. The van der Waals surface area contributed by atoms with E-state index in [1.807, 2.05) is 49.4 Å². The van der Waals surface area contributed by atoms with E-state index in [0.717, 1.165) is 11.1 Å². The molecule has 0 amide bonds. The zero-order valence-corrected chi connectivity index (χ0v) is 24.8. The van der Waals surface area contributed by atoms with Crippen molar-refractivity contribution in [3.63, 3.8) is 0 Å². The van der Waals surface area contributed by atoms with Gasteiger partial charge in [-0.05, 0) is 36.3 Å². The number of allylic oxidation sites excluding steroid dienone is 1. The van der Waals surface area contributed by atoms with Crippen LogP contribution in [0.1, 0.15) is 36.1 Å². The standard InChI is InChI=1S/C31H26Cl2N2O5S/c1-4-23-26(30(37)39-3)27(18-9-6-5-7-10-18)35-29(36)25(41-31(35)34-23)15-19-11-8-12-24(38-2)28(19)40-17-20-13-14-21(32)16-22(20)33/h5-16,27H,4,17H2,1-3H3/b25-15+/t27-/m1/s1. The molecule has 7 nitrogen and oxygen atoms in total. The Balaban J connectivity index is 1.65. The Morgan fingerprint density at radius 3 is 2.54 bits per heavy atom. The summed E-state index contributed by atoms with van der Waals surface area (Å²) in [6.45, 7) is 2.08. The number of benzene rings is 3. The molecule has 2 heterocycles. The van der Waals surface area contributed by atoms with Crippen LogP contribution in [0.25, 0.3) is 6.08 Å². The molecule has 0 unspecified atom stereocenters. The number of nitrogens with zero attached hydrogens (tertiary/aromatic N) is 2. The number of esters is 1. The number of carbonyl (C=O) groups is 1. The zero-order valence-electron chi connectivity index (χ0n) is 22.5. The molecule has 0 bridgehead atoms. The summed E-state index contributed by atoms with van der Waals surface area (Å²) in [7, 11) is 2.88. The molecule has 0 saturated carbocycles. The van der Waals surface area contributed by atoms with Crippen molar-refractivity contribution < 1.29 is 19.0 Å². The SMILES string of the molecule is CCC1=C(C(=O)OC)[C@@H](c2ccccc2)n2c(s/c(=C/c3cccc(OC)c3OCc3ccc(Cl)cc3Cl)c2=O)=N1. The van der Waals surface area contributed by atoms with Crippen LogP contribution in [0.15, 0.2) is 87.8 Å². The Hall–Kier alpha value is -3.85. The fraction of sp³-hybridized carbons (Fsp3) is 0.194. The van der Waals surface area contributed by atoms with Gasteiger partial charge in [0.2, 0.25) is 0 Å². The molecule has 10 heteroatoms. The fourth-order valence-electron chi connectivity index (χ4n) is 4.71. The van der Waals surface area contributed by atoms with Gasteiger partial charge in [-0.3, -0.25) is 9.36 Å². The fourth-order valence-corrected chi connectivity index (χ4v) is 6.18. The van der Waals surface area contributed by atoms with Crippen molar-refractivity contribution in [1.82, 2.24) is 4.57 Å². The maximum atomic E-state index is 14.0. The highest BCUT2D eigenvalue weighted by Gasteiger charge is 2.33. The molecule has 0 radical (unpaired) electrons. The summed E-state index contributed by atoms with van der Waals surface area (Å²) >= 11 is 13.6. The first-order chi connectivity index (χ1) is 19.9. The Bertz CT molecular complexity index is 1830. The van der Waals surface area contributed by atoms with Gasteiger partial charge in [0.25, 0.3) is 5.56 Å². The first kappa shape index (κ1) is 28.7. The third-order valence-corrected chi connectivity index (χ3v) is 8.24. The molecule has 41 heavy (non-hydrogen) atoms. The summed E-state index contributed by atoms with van der Waals surface area (Å²) in [5.74, 6) is 0.439. The number of fused-ring (bicyclic) bond motifs is 1. The summed E-state index contributed by atoms with van der Waals surface area (Å²) < 4.78 is 18.9. The lowest BCUT2D eigenvalue weighted by Crippen LogP contribution is -2.40. The topological polar surface area (TPSA) is 79.1 Å². The predicted octanol–water partition coefficient (Wildman–Crippen LogP) is 5.69. The summed E-state index contributed by atoms with van der Waals surface area (Å²) in [6.07, 6.45) is 2.25. The molecule has 0 fully saturated rings. The van der Waals surface area contributed by atoms with Crippen LogP contribution >= 0.6 is 34.5 Å². The monoisotopic (exact) mass is 608 g/mol. The van der Waals surface area contributed by atoms with Crippen molar-refractivity contribution in [3.8, 4) is 11.5 Å². The van der Waals surface area contributed by atoms with Crippen LogP contribution in [0.5, 0.6) is 11.5 Å². The van der Waals surface area contributed by atoms with E-state index in [1.54, 1.807) is 42.0 Å². The molecule has 1 aliphatic rings. The number of rotatable bonds is 8. The van der Waals surface area contributed by atoms with Gasteiger partial charge in [-0.1, -0.05) is 90.0 Å². The van der Waals surface area contributed by atoms with E-state index in [9.17, 15) is 9.59 Å². The number of aromatic nitrogens is 1. The maximum Gasteiger partial charge on any atom is 0.338 e. The van der Waals surface area contributed by atoms with Gasteiger partial charge in [0.15, 0.2) is 16.3 Å². The van der Waals surface area contributed by atoms with Gasteiger partial charge in [0, 0.05) is 21.2 Å². The van der Waals surface area contributed by atoms with Crippen LogP contribution < -0.4 is 24.4 Å². The molecule has 0 aliphatic carbocycles. The second-order valence-corrected chi connectivity index (χ2v) is 11.0. The number of halogens is 2. The van der Waals surface area contributed by atoms with Gasteiger partial charge in [-0.2, -0.15) is 0 Å². The molecule has 5 rings (SSSR count). The number of carbonyl (C=O) groups excluding carboxylic acids is 1. The Labute approximate surface area is 250 Å². The van der Waals surface area contributed by atoms with Crippen molar-refractivity contribution in [1.29, 1.82) is 0 Å². The van der Waals surface area contributed by atoms with Crippen molar-refractivity contribution >= 4 is 46.6 Å². The molecular formula is C31H26Cl2N2O5S. The minimum atomic E-state index is -0.676. The molecule has 1 aromatic heterocycles. The first-order valence-corrected chi connectivity index (χ1v) is 14.3. The molecule has 0 saturated heterocycles. The van der Waals surface area contributed by atoms with E-state index in [1.165, 1.54) is 18.4 Å². The summed E-state index contributed by atoms with van der Waals surface area (Å²) in [4.78, 5) is 32.2. The van der Waals surface area contributed by atoms with E-state index in [2.05, 4.69) is 0 Å². The molecule has 4 aromatic rings. The largest absolute Gasteiger partial charge is 0.493 e. The van der Waals surface area contributed by atoms with Crippen LogP contribution in [-0.2, 0) is 16.1 Å². The molecule has 0 N–H and O–H groups in total. The molecule has 1 atom stereocenters. The van der Waals surface area contributed by atoms with Crippen LogP contribution in [0.2, 0.25) is 10.0 Å². The van der Waals surface area contributed by atoms with Gasteiger partial charge in [0.05, 0.1) is 36.1 Å². The second-order valence-electron chi connectivity index (χ2n) is 9.10. The Kier molecular flexibility index (Phi) is 8.63. The minimum absolute atomic E-state index is 0.162. The van der Waals surface area contributed by atoms with Gasteiger partial charge in [-0.15, -0.1) is 0 Å². The number of hydrogen-bond acceptors (Lipinski definition) is 7. The third kappa shape index (κ3) is 5.68. The van der Waals surface area contributed by atoms with Crippen LogP contribution in [0, 0.1) is 0 Å². The Morgan fingerprint density at radius 1 is 1.07 bits per heavy atom. The van der Waals surface area contributed by atoms with E-state index in [0.29, 0.717) is 54.1 Å². The normalized spacial score (nSPS) is 14.9. The highest BCUT2D eigenvalue weighted by molar-refractivity contribution is 7.07. The number of methoxy groups -OCH3 is 2. The maximum absolute atomic E-state index is 14.0. The average molecular weight is 610 g/mol. The van der Waals surface area contributed by atoms with E-state index >= 15 is 0 Å². The molecule has 1 aliphatic heterocycles. The van der Waals surface area contributed by atoms with E-state index < -0.39 is 12.0 Å². The van der Waals surface area contributed by atoms with E-state index in [-0.39, 0.29) is 12.2 Å². The number of hydrogen-bond donors (Lipinski definition) is 0.